The van der Waals surface area contributed by atoms with Crippen molar-refractivity contribution in [2.24, 2.45) is 0 Å². The SMILES string of the molecule is C[C@H]1c2ccc3ccccc3c2-c2c(ccc3ccccc23)C=[N+]1[C@H]1COC(C)(C)O[C@H]1c1ccccc1.c1ccc([B-](c2ccccc2)(c2ccccc2)c2ccccc2)cc1. The minimum atomic E-state index is -1.22. The first-order valence-corrected chi connectivity index (χ1v) is 22.3. The highest BCUT2D eigenvalue weighted by molar-refractivity contribution is 7.19. The van der Waals surface area contributed by atoms with Gasteiger partial charge < -0.3 is 9.47 Å². The van der Waals surface area contributed by atoms with Gasteiger partial charge in [-0.25, -0.2) is 4.58 Å². The molecule has 9 aromatic rings. The standard InChI is InChI=1S/C35H32NO2.C24H20B/c1-23-28-20-19-25-12-8-10-16-30(25)33(28)32-27(18-17-24-11-7-9-15-29(24)32)21-36(23)31-22-37-35(2,3)38-34(31)26-13-5-4-6-14-26;1-5-13-21(14-6-1)25(22-15-7-2-8-16-22,23-17-9-3-10-18-23)24-19-11-4-12-20-24/h4-21,23,31,34H,22H2,1-3H3;1-20H/q+1;-1/t23-,31-,34-;/m0./s1. The molecule has 9 aromatic carbocycles. The zero-order valence-corrected chi connectivity index (χ0v) is 36.2. The number of nitrogens with zero attached hydrogens (tertiary/aromatic N) is 1. The van der Waals surface area contributed by atoms with Crippen molar-refractivity contribution in [1.82, 2.24) is 0 Å². The predicted octanol–water partition coefficient (Wildman–Crippen LogP) is 11.1. The molecule has 0 unspecified atom stereocenters. The van der Waals surface area contributed by atoms with E-state index < -0.39 is 11.9 Å². The van der Waals surface area contributed by atoms with Crippen LogP contribution in [0.25, 0.3) is 32.7 Å². The van der Waals surface area contributed by atoms with Crippen LogP contribution in [-0.4, -0.2) is 35.4 Å². The van der Waals surface area contributed by atoms with Crippen molar-refractivity contribution in [1.29, 1.82) is 0 Å². The van der Waals surface area contributed by atoms with Gasteiger partial charge in [0.1, 0.15) is 18.9 Å². The van der Waals surface area contributed by atoms with Crippen molar-refractivity contribution in [3.8, 4) is 11.1 Å². The highest BCUT2D eigenvalue weighted by Crippen LogP contribution is 2.45. The second-order valence-corrected chi connectivity index (χ2v) is 17.5. The molecule has 1 saturated heterocycles. The molecule has 0 N–H and O–H groups in total. The van der Waals surface area contributed by atoms with E-state index in [9.17, 15) is 0 Å². The molecule has 2 aliphatic rings. The zero-order chi connectivity index (χ0) is 42.8. The first-order valence-electron chi connectivity index (χ1n) is 22.3. The van der Waals surface area contributed by atoms with E-state index in [1.165, 1.54) is 71.2 Å². The fourth-order valence-corrected chi connectivity index (χ4v) is 10.5. The third-order valence-corrected chi connectivity index (χ3v) is 13.4. The highest BCUT2D eigenvalue weighted by atomic mass is 16.7. The maximum Gasteiger partial charge on any atom is 0.206 e. The summed E-state index contributed by atoms with van der Waals surface area (Å²) in [6.07, 6.45) is 1.02. The number of hydrogen-bond donors (Lipinski definition) is 0. The quantitative estimate of drug-likeness (QED) is 0.123. The minimum Gasteiger partial charge on any atom is -0.343 e. The van der Waals surface area contributed by atoms with Gasteiger partial charge in [-0.05, 0) is 47.0 Å². The van der Waals surface area contributed by atoms with E-state index >= 15 is 0 Å². The van der Waals surface area contributed by atoms with Gasteiger partial charge in [-0.15, -0.1) is 0 Å². The fraction of sp³-hybridized carbons (Fsp3) is 0.136. The van der Waals surface area contributed by atoms with Crippen LogP contribution in [0.5, 0.6) is 0 Å². The highest BCUT2D eigenvalue weighted by Gasteiger charge is 2.46. The Bertz CT molecular complexity index is 2860. The third kappa shape index (κ3) is 7.50. The molecule has 0 aliphatic carbocycles. The molecule has 3 nitrogen and oxygen atoms in total. The van der Waals surface area contributed by atoms with E-state index in [0.29, 0.717) is 6.61 Å². The van der Waals surface area contributed by atoms with Crippen LogP contribution in [0, 0.1) is 0 Å². The van der Waals surface area contributed by atoms with Gasteiger partial charge in [0, 0.05) is 29.2 Å². The molecule has 308 valence electrons. The van der Waals surface area contributed by atoms with E-state index in [1.54, 1.807) is 0 Å². The van der Waals surface area contributed by atoms with Crippen LogP contribution >= 0.6 is 0 Å². The third-order valence-electron chi connectivity index (χ3n) is 13.4. The Kier molecular flexibility index (Phi) is 10.9. The van der Waals surface area contributed by atoms with Crippen LogP contribution in [-0.2, 0) is 9.47 Å². The van der Waals surface area contributed by atoms with Crippen molar-refractivity contribution in [3.05, 3.63) is 241 Å². The second kappa shape index (κ2) is 17.1. The summed E-state index contributed by atoms with van der Waals surface area (Å²) >= 11 is 0. The van der Waals surface area contributed by atoms with Crippen LogP contribution in [0.2, 0.25) is 0 Å². The molecule has 2 aliphatic heterocycles. The average molecular weight is 818 g/mol. The summed E-state index contributed by atoms with van der Waals surface area (Å²) in [4.78, 5) is 0. The van der Waals surface area contributed by atoms with Crippen molar-refractivity contribution in [2.45, 2.75) is 44.7 Å². The molecule has 0 spiro atoms. The lowest BCUT2D eigenvalue weighted by atomic mass is 9.13. The summed E-state index contributed by atoms with van der Waals surface area (Å²) in [7, 11) is 0. The molecular formula is C59H52BNO2. The number of benzene rings is 9. The van der Waals surface area contributed by atoms with E-state index in [2.05, 4.69) is 242 Å². The van der Waals surface area contributed by atoms with Crippen LogP contribution in [0.4, 0.5) is 0 Å². The molecular weight excluding hydrogens is 765 g/mol. The molecule has 0 saturated carbocycles. The molecule has 0 radical (unpaired) electrons. The molecule has 0 aromatic heterocycles. The Morgan fingerprint density at radius 1 is 0.476 bits per heavy atom. The van der Waals surface area contributed by atoms with E-state index in [0.717, 1.165) is 0 Å². The van der Waals surface area contributed by atoms with Gasteiger partial charge in [0.2, 0.25) is 6.04 Å². The van der Waals surface area contributed by atoms with Crippen LogP contribution < -0.4 is 21.9 Å². The molecule has 0 amide bonds. The van der Waals surface area contributed by atoms with Crippen LogP contribution in [0.3, 0.4) is 0 Å². The maximum absolute atomic E-state index is 6.65. The Morgan fingerprint density at radius 2 is 0.905 bits per heavy atom. The van der Waals surface area contributed by atoms with Gasteiger partial charge in [0.05, 0.1) is 0 Å². The number of ether oxygens (including phenoxy) is 2. The van der Waals surface area contributed by atoms with Gasteiger partial charge in [0.25, 0.3) is 0 Å². The molecule has 11 rings (SSSR count). The Balaban J connectivity index is 0.000000163. The summed E-state index contributed by atoms with van der Waals surface area (Å²) in [6.45, 7) is 6.93. The van der Waals surface area contributed by atoms with Gasteiger partial charge in [0.15, 0.2) is 18.0 Å². The zero-order valence-electron chi connectivity index (χ0n) is 36.2. The lowest BCUT2D eigenvalue weighted by Crippen LogP contribution is -2.74. The lowest BCUT2D eigenvalue weighted by Gasteiger charge is -2.44. The lowest BCUT2D eigenvalue weighted by molar-refractivity contribution is -0.626. The molecule has 0 bridgehead atoms. The Labute approximate surface area is 371 Å². The predicted molar refractivity (Wildman–Crippen MR) is 265 cm³/mol. The van der Waals surface area contributed by atoms with E-state index in [-0.39, 0.29) is 18.2 Å². The number of rotatable bonds is 6. The van der Waals surface area contributed by atoms with Gasteiger partial charge in [-0.2, -0.15) is 21.9 Å². The van der Waals surface area contributed by atoms with Gasteiger partial charge in [-0.3, -0.25) is 0 Å². The van der Waals surface area contributed by atoms with Crippen molar-refractivity contribution < 1.29 is 14.0 Å². The molecule has 4 heteroatoms. The van der Waals surface area contributed by atoms with Gasteiger partial charge in [-0.1, -0.05) is 218 Å². The summed E-state index contributed by atoms with van der Waals surface area (Å²) < 4.78 is 15.4. The molecule has 2 heterocycles. The smallest absolute Gasteiger partial charge is 0.206 e. The van der Waals surface area contributed by atoms with Crippen molar-refractivity contribution >= 4 is 55.8 Å². The largest absolute Gasteiger partial charge is 0.343 e. The maximum atomic E-state index is 6.65. The summed E-state index contributed by atoms with van der Waals surface area (Å²) in [5, 5.41) is 5.10. The average Bonchev–Trinajstić information content (AvgIpc) is 3.47. The van der Waals surface area contributed by atoms with Crippen molar-refractivity contribution in [2.75, 3.05) is 6.61 Å². The number of hydrogen-bond acceptors (Lipinski definition) is 2. The van der Waals surface area contributed by atoms with Crippen LogP contribution in [0.1, 0.15) is 49.6 Å². The van der Waals surface area contributed by atoms with Crippen LogP contribution in [0.15, 0.2) is 224 Å². The monoisotopic (exact) mass is 817 g/mol. The van der Waals surface area contributed by atoms with E-state index in [1.807, 2.05) is 13.8 Å². The number of fused-ring (bicyclic) bond motifs is 7. The fourth-order valence-electron chi connectivity index (χ4n) is 10.5. The molecule has 3 atom stereocenters. The summed E-state index contributed by atoms with van der Waals surface area (Å²) in [6, 6.07) is 80.9. The Morgan fingerprint density at radius 3 is 1.41 bits per heavy atom. The minimum absolute atomic E-state index is 0.0113. The molecule has 63 heavy (non-hydrogen) atoms. The Hall–Kier alpha value is -6.85. The second-order valence-electron chi connectivity index (χ2n) is 17.5. The summed E-state index contributed by atoms with van der Waals surface area (Å²) in [5.74, 6) is -0.645. The first kappa shape index (κ1) is 40.2. The summed E-state index contributed by atoms with van der Waals surface area (Å²) in [5.41, 5.74) is 11.7. The normalized spacial score (nSPS) is 18.0. The topological polar surface area (TPSA) is 21.5 Å². The molecule has 1 fully saturated rings. The first-order chi connectivity index (χ1) is 30.9. The van der Waals surface area contributed by atoms with Gasteiger partial charge >= 0.3 is 0 Å². The van der Waals surface area contributed by atoms with Crippen molar-refractivity contribution in [3.63, 3.8) is 0 Å². The van der Waals surface area contributed by atoms with E-state index in [4.69, 9.17) is 9.47 Å².